The third kappa shape index (κ3) is 23.8. The zero-order valence-corrected chi connectivity index (χ0v) is 36.3. The van der Waals surface area contributed by atoms with E-state index in [0.717, 1.165) is 52.4 Å². The van der Waals surface area contributed by atoms with E-state index in [0.29, 0.717) is 32.7 Å². The van der Waals surface area contributed by atoms with Crippen LogP contribution in [0, 0.1) is 10.8 Å². The van der Waals surface area contributed by atoms with E-state index in [9.17, 15) is 14.5 Å². The fourth-order valence-electron chi connectivity index (χ4n) is 6.23. The van der Waals surface area contributed by atoms with Gasteiger partial charge < -0.3 is 28.7 Å². The number of carbonyl (C=O) groups is 1. The summed E-state index contributed by atoms with van der Waals surface area (Å²) in [6.07, 6.45) is -0.582. The number of aliphatic hydroxyl groups is 1. The van der Waals surface area contributed by atoms with Gasteiger partial charge in [-0.3, -0.25) is 24.1 Å². The summed E-state index contributed by atoms with van der Waals surface area (Å²) < 4.78 is 31.9. The van der Waals surface area contributed by atoms with Crippen LogP contribution in [0.3, 0.4) is 0 Å². The molecule has 11 nitrogen and oxygen atoms in total. The van der Waals surface area contributed by atoms with Gasteiger partial charge >= 0.3 is 13.6 Å². The fourth-order valence-corrected chi connectivity index (χ4v) is 8.86. The number of β-amino-alcohol motifs (C(OH)–C–C–N with tert-alkyl or cyclic N) is 1. The molecule has 1 N–H and O–H groups in total. The monoisotopic (exact) mass is 734 g/mol. The Morgan fingerprint density at radius 3 is 1.38 bits per heavy atom. The third-order valence-electron chi connectivity index (χ3n) is 7.68. The maximum Gasteiger partial charge on any atom is 0.345 e. The molecule has 1 unspecified atom stereocenters. The molecule has 0 spiro atoms. The summed E-state index contributed by atoms with van der Waals surface area (Å²) in [5.74, 6) is -0.215. The van der Waals surface area contributed by atoms with Crippen LogP contribution in [0.15, 0.2) is 0 Å². The second-order valence-corrected chi connectivity index (χ2v) is 21.7. The summed E-state index contributed by atoms with van der Waals surface area (Å²) >= 11 is 0. The highest BCUT2D eigenvalue weighted by Gasteiger charge is 2.37. The van der Waals surface area contributed by atoms with Gasteiger partial charge in [0.2, 0.25) is 0 Å². The minimum atomic E-state index is -3.51. The van der Waals surface area contributed by atoms with Gasteiger partial charge in [0.1, 0.15) is 11.9 Å². The van der Waals surface area contributed by atoms with Gasteiger partial charge in [0.15, 0.2) is 0 Å². The Hall–Kier alpha value is -0.620. The number of aliphatic hydroxyl groups excluding tert-OH is 1. The predicted molar refractivity (Wildman–Crippen MR) is 208 cm³/mol. The van der Waals surface area contributed by atoms with Crippen LogP contribution in [-0.2, 0) is 23.1 Å². The number of hydrogen-bond acceptors (Lipinski definition) is 11. The summed E-state index contributed by atoms with van der Waals surface area (Å²) in [6.45, 7) is 42.9. The highest BCUT2D eigenvalue weighted by molar-refractivity contribution is 7.53. The van der Waals surface area contributed by atoms with E-state index in [-0.39, 0.29) is 29.6 Å². The molecule has 0 aliphatic carbocycles. The van der Waals surface area contributed by atoms with Crippen LogP contribution in [0.4, 0.5) is 0 Å². The molecule has 1 aliphatic rings. The first-order chi connectivity index (χ1) is 22.4. The number of likely N-dealkylation sites (N-methyl/N-ethyl adjacent to an activating group) is 1. The Labute approximate surface area is 308 Å². The largest absolute Gasteiger partial charge is 0.459 e. The van der Waals surface area contributed by atoms with Crippen molar-refractivity contribution in [1.29, 1.82) is 0 Å². The molecule has 0 aromatic heterocycles. The maximum atomic E-state index is 14.0. The average Bonchev–Trinajstić information content (AvgIpc) is 2.84. The summed E-state index contributed by atoms with van der Waals surface area (Å²) in [5.41, 5.74) is -1.52. The van der Waals surface area contributed by atoms with Crippen molar-refractivity contribution in [2.75, 3.05) is 97.9 Å². The van der Waals surface area contributed by atoms with Crippen LogP contribution in [0.5, 0.6) is 0 Å². The number of esters is 1. The van der Waals surface area contributed by atoms with Crippen LogP contribution >= 0.6 is 7.60 Å². The van der Waals surface area contributed by atoms with Crippen molar-refractivity contribution in [1.82, 2.24) is 24.5 Å². The molecule has 298 valence electrons. The van der Waals surface area contributed by atoms with Crippen molar-refractivity contribution in [2.45, 2.75) is 134 Å². The Bertz CT molecular complexity index is 1020. The molecule has 0 bridgehead atoms. The second-order valence-electron chi connectivity index (χ2n) is 19.8. The van der Waals surface area contributed by atoms with E-state index in [1.54, 1.807) is 0 Å². The molecule has 0 radical (unpaired) electrons. The quantitative estimate of drug-likeness (QED) is 0.176. The van der Waals surface area contributed by atoms with Gasteiger partial charge in [0, 0.05) is 78.5 Å². The smallest absolute Gasteiger partial charge is 0.345 e. The normalized spacial score (nSPS) is 19.3. The molecule has 0 amide bonds. The molecule has 1 atom stereocenters. The molecule has 12 heteroatoms. The van der Waals surface area contributed by atoms with E-state index in [1.807, 2.05) is 74.1 Å². The number of hydrogen-bond donors (Lipinski definition) is 1. The standard InChI is InChI=1S/C38H80N5O6P/c1-17-39(31-50(46,48-37(11,12)13)49-38(14,15)16)26-32(44)27-40-18-19-41(28-33(45)47-36(8,9)10)21-23-43(30-35(5,6)7)25-24-42(22-20-40)29-34(2,3)4/h32,44H,17-31H2,1-16H3. The maximum absolute atomic E-state index is 14.0. The molecular weight excluding hydrogens is 653 g/mol. The van der Waals surface area contributed by atoms with E-state index in [1.165, 1.54) is 0 Å². The van der Waals surface area contributed by atoms with Crippen LogP contribution in [0.25, 0.3) is 0 Å². The Morgan fingerprint density at radius 2 is 1.04 bits per heavy atom. The van der Waals surface area contributed by atoms with Crippen molar-refractivity contribution in [3.63, 3.8) is 0 Å². The number of rotatable bonds is 13. The van der Waals surface area contributed by atoms with Gasteiger partial charge in [-0.2, -0.15) is 0 Å². The molecule has 0 saturated carbocycles. The Morgan fingerprint density at radius 1 is 0.660 bits per heavy atom. The van der Waals surface area contributed by atoms with Crippen LogP contribution < -0.4 is 0 Å². The van der Waals surface area contributed by atoms with Crippen molar-refractivity contribution in [3.05, 3.63) is 0 Å². The zero-order valence-electron chi connectivity index (χ0n) is 35.4. The SMILES string of the molecule is CCN(CC(O)CN1CCN(CC(=O)OC(C)(C)C)CCN(CC(C)(C)C)CCN(CC(C)(C)C)CC1)CP(=O)(OC(C)(C)C)OC(C)(C)C. The molecule has 0 aromatic rings. The molecule has 50 heavy (non-hydrogen) atoms. The summed E-state index contributed by atoms with van der Waals surface area (Å²) in [5, 5.41) is 11.5. The Balaban J connectivity index is 3.25. The highest BCUT2D eigenvalue weighted by atomic mass is 31.2. The van der Waals surface area contributed by atoms with E-state index in [4.69, 9.17) is 13.8 Å². The topological polar surface area (TPSA) is 98.3 Å². The molecule has 1 rings (SSSR count). The van der Waals surface area contributed by atoms with E-state index < -0.39 is 30.5 Å². The minimum absolute atomic E-state index is 0.100. The van der Waals surface area contributed by atoms with Gasteiger partial charge in [-0.05, 0) is 79.7 Å². The van der Waals surface area contributed by atoms with Crippen molar-refractivity contribution >= 4 is 13.6 Å². The van der Waals surface area contributed by atoms with Crippen LogP contribution in [-0.4, -0.2) is 156 Å². The van der Waals surface area contributed by atoms with Crippen molar-refractivity contribution < 1.29 is 28.3 Å². The van der Waals surface area contributed by atoms with Crippen LogP contribution in [0.2, 0.25) is 0 Å². The van der Waals surface area contributed by atoms with Gasteiger partial charge in [-0.15, -0.1) is 0 Å². The fraction of sp³-hybridized carbons (Fsp3) is 0.974. The lowest BCUT2D eigenvalue weighted by Crippen LogP contribution is -2.51. The summed E-state index contributed by atoms with van der Waals surface area (Å²) in [7, 11) is -3.51. The van der Waals surface area contributed by atoms with Crippen LogP contribution in [0.1, 0.15) is 111 Å². The molecule has 1 heterocycles. The van der Waals surface area contributed by atoms with E-state index >= 15 is 0 Å². The molecule has 1 saturated heterocycles. The van der Waals surface area contributed by atoms with Gasteiger partial charge in [-0.1, -0.05) is 48.5 Å². The van der Waals surface area contributed by atoms with Gasteiger partial charge in [-0.25, -0.2) is 0 Å². The lowest BCUT2D eigenvalue weighted by atomic mass is 9.95. The highest BCUT2D eigenvalue weighted by Crippen LogP contribution is 2.54. The predicted octanol–water partition coefficient (Wildman–Crippen LogP) is 6.11. The Kier molecular flexibility index (Phi) is 18.6. The summed E-state index contributed by atoms with van der Waals surface area (Å²) in [6, 6.07) is 0. The lowest BCUT2D eigenvalue weighted by Gasteiger charge is -2.38. The number of ether oxygens (including phenoxy) is 1. The lowest BCUT2D eigenvalue weighted by molar-refractivity contribution is -0.156. The molecule has 1 aliphatic heterocycles. The third-order valence-corrected chi connectivity index (χ3v) is 10.1. The number of carbonyl (C=O) groups excluding carboxylic acids is 1. The van der Waals surface area contributed by atoms with E-state index in [2.05, 4.69) is 61.1 Å². The minimum Gasteiger partial charge on any atom is -0.459 e. The molecule has 1 fully saturated rings. The first-order valence-electron chi connectivity index (χ1n) is 19.0. The van der Waals surface area contributed by atoms with Gasteiger partial charge in [0.25, 0.3) is 0 Å². The zero-order chi connectivity index (χ0) is 38.8. The average molecular weight is 734 g/mol. The first-order valence-corrected chi connectivity index (χ1v) is 20.7. The second kappa shape index (κ2) is 19.6. The van der Waals surface area contributed by atoms with Crippen molar-refractivity contribution in [3.8, 4) is 0 Å². The molecular formula is C38H80N5O6P. The number of nitrogens with zero attached hydrogens (tertiary/aromatic N) is 5. The molecule has 0 aromatic carbocycles. The van der Waals surface area contributed by atoms with Crippen molar-refractivity contribution in [2.24, 2.45) is 10.8 Å². The van der Waals surface area contributed by atoms with Gasteiger partial charge in [0.05, 0.1) is 23.9 Å². The summed E-state index contributed by atoms with van der Waals surface area (Å²) in [4.78, 5) is 24.6. The first kappa shape index (κ1) is 47.4.